The molecule has 8 aromatic carbocycles. The average molecular weight is 787 g/mol. The Balaban J connectivity index is 1.16. The smallest absolute Gasteiger partial charge is 0.333 e. The van der Waals surface area contributed by atoms with Crippen LogP contribution < -0.4 is 15.7 Å². The summed E-state index contributed by atoms with van der Waals surface area (Å²) in [6, 6.07) is 55.5. The Labute approximate surface area is 352 Å². The number of furan rings is 1. The van der Waals surface area contributed by atoms with Gasteiger partial charge in [-0.15, -0.1) is 11.3 Å². The van der Waals surface area contributed by atoms with Crippen LogP contribution in [0.15, 0.2) is 150 Å². The molecule has 3 nitrogen and oxygen atoms in total. The van der Waals surface area contributed by atoms with Crippen molar-refractivity contribution in [3.05, 3.63) is 162 Å². The molecule has 0 saturated heterocycles. The van der Waals surface area contributed by atoms with Crippen molar-refractivity contribution in [2.75, 3.05) is 4.81 Å². The number of hydrogen-bond donors (Lipinski definition) is 0. The normalized spacial score (nSPS) is 14.8. The maximum absolute atomic E-state index is 6.71. The molecular formula is C55H39BN2OS. The van der Waals surface area contributed by atoms with Gasteiger partial charge in [-0.25, -0.2) is 0 Å². The highest BCUT2D eigenvalue weighted by Gasteiger charge is 2.45. The van der Waals surface area contributed by atoms with E-state index in [1.807, 2.05) is 11.3 Å². The molecule has 5 heterocycles. The number of anilines is 2. The van der Waals surface area contributed by atoms with Crippen LogP contribution in [0.2, 0.25) is 0 Å². The lowest BCUT2D eigenvalue weighted by Gasteiger charge is -2.42. The van der Waals surface area contributed by atoms with Gasteiger partial charge in [-0.3, -0.25) is 0 Å². The molecule has 14 rings (SSSR count). The zero-order valence-corrected chi connectivity index (χ0v) is 35.0. The summed E-state index contributed by atoms with van der Waals surface area (Å²) >= 11 is 1.90. The summed E-state index contributed by atoms with van der Waals surface area (Å²) in [5, 5.41) is 7.53. The van der Waals surface area contributed by atoms with E-state index in [9.17, 15) is 0 Å². The number of rotatable bonds is 1. The Kier molecular flexibility index (Phi) is 6.09. The van der Waals surface area contributed by atoms with Crippen LogP contribution in [0.3, 0.4) is 0 Å². The lowest BCUT2D eigenvalue weighted by molar-refractivity contribution is 0.590. The van der Waals surface area contributed by atoms with Gasteiger partial charge in [-0.05, 0) is 98.3 Å². The minimum absolute atomic E-state index is 0.0422. The fraction of sp³-hybridized carbons (Fsp3) is 0.127. The van der Waals surface area contributed by atoms with E-state index >= 15 is 0 Å². The van der Waals surface area contributed by atoms with Crippen molar-refractivity contribution in [3.8, 4) is 27.9 Å². The van der Waals surface area contributed by atoms with Crippen LogP contribution >= 0.6 is 11.3 Å². The summed E-state index contributed by atoms with van der Waals surface area (Å²) in [6.07, 6.45) is 0. The van der Waals surface area contributed by atoms with Crippen molar-refractivity contribution in [1.29, 1.82) is 0 Å². The largest absolute Gasteiger partial charge is 0.456 e. The van der Waals surface area contributed by atoms with E-state index in [0.29, 0.717) is 0 Å². The topological polar surface area (TPSA) is 21.3 Å². The predicted octanol–water partition coefficient (Wildman–Crippen LogP) is 13.9. The number of nitrogens with zero attached hydrogens (tertiary/aromatic N) is 2. The van der Waals surface area contributed by atoms with Gasteiger partial charge in [0, 0.05) is 75.8 Å². The van der Waals surface area contributed by atoms with Crippen LogP contribution in [-0.2, 0) is 10.8 Å². The zero-order chi connectivity index (χ0) is 40.0. The predicted molar refractivity (Wildman–Crippen MR) is 256 cm³/mol. The summed E-state index contributed by atoms with van der Waals surface area (Å²) in [4.78, 5) is 2.67. The third kappa shape index (κ3) is 4.07. The number of aromatic nitrogens is 1. The molecular weight excluding hydrogens is 747 g/mol. The SMILES string of the molecule is CC(C)(C)c1ccc(N2B3c4cc5c(cc4-n4c6cc7c(cc6c6ccc(c3c64)-c3cc4sc6ccccc6c4cc32)-c2ccccc2C7(C)C)oc2ccccc25)cc1. The molecule has 60 heavy (non-hydrogen) atoms. The molecule has 0 radical (unpaired) electrons. The van der Waals surface area contributed by atoms with E-state index in [1.165, 1.54) is 109 Å². The van der Waals surface area contributed by atoms with E-state index in [1.54, 1.807) is 0 Å². The Morgan fingerprint density at radius 2 is 1.33 bits per heavy atom. The lowest BCUT2D eigenvalue weighted by Crippen LogP contribution is -2.60. The Morgan fingerprint density at radius 1 is 0.550 bits per heavy atom. The third-order valence-corrected chi connectivity index (χ3v) is 15.5. The molecule has 0 N–H and O–H groups in total. The number of thiophene rings is 1. The van der Waals surface area contributed by atoms with E-state index < -0.39 is 0 Å². The monoisotopic (exact) mass is 786 g/mol. The minimum atomic E-state index is -0.121. The Morgan fingerprint density at radius 3 is 2.18 bits per heavy atom. The first-order valence-corrected chi connectivity index (χ1v) is 22.0. The summed E-state index contributed by atoms with van der Waals surface area (Å²) in [5.41, 5.74) is 20.0. The van der Waals surface area contributed by atoms with Crippen LogP contribution in [0.4, 0.5) is 11.4 Å². The molecule has 5 heteroatoms. The van der Waals surface area contributed by atoms with E-state index in [-0.39, 0.29) is 17.7 Å². The fourth-order valence-corrected chi connectivity index (χ4v) is 12.6. The first-order valence-electron chi connectivity index (χ1n) is 21.2. The quantitative estimate of drug-likeness (QED) is 0.155. The average Bonchev–Trinajstić information content (AvgIpc) is 3.97. The summed E-state index contributed by atoms with van der Waals surface area (Å²) in [7, 11) is 0. The molecule has 0 amide bonds. The third-order valence-electron chi connectivity index (χ3n) is 14.3. The lowest BCUT2D eigenvalue weighted by atomic mass is 9.44. The number of hydrogen-bond acceptors (Lipinski definition) is 3. The molecule has 3 aliphatic rings. The van der Waals surface area contributed by atoms with E-state index in [4.69, 9.17) is 4.42 Å². The first kappa shape index (κ1) is 33.3. The summed E-state index contributed by atoms with van der Waals surface area (Å²) in [5.74, 6) is 0. The highest BCUT2D eigenvalue weighted by atomic mass is 32.1. The van der Waals surface area contributed by atoms with Gasteiger partial charge in [0.15, 0.2) is 0 Å². The van der Waals surface area contributed by atoms with Crippen LogP contribution in [0, 0.1) is 0 Å². The molecule has 0 atom stereocenters. The Bertz CT molecular complexity index is 3740. The van der Waals surface area contributed by atoms with Crippen molar-refractivity contribution < 1.29 is 4.42 Å². The van der Waals surface area contributed by atoms with Gasteiger partial charge < -0.3 is 13.8 Å². The molecule has 284 valence electrons. The highest BCUT2D eigenvalue weighted by molar-refractivity contribution is 7.25. The first-order chi connectivity index (χ1) is 29.1. The molecule has 2 aliphatic heterocycles. The van der Waals surface area contributed by atoms with Gasteiger partial charge >= 0.3 is 6.85 Å². The molecule has 3 aromatic heterocycles. The van der Waals surface area contributed by atoms with Crippen molar-refractivity contribution in [1.82, 2.24) is 4.57 Å². The standard InChI is InChI=1S/C55H39BN2OS/c1-54(2,3)30-18-20-31(21-19-30)58-46-26-41-34-14-8-11-17-50(34)60-51(41)27-39(46)35-22-23-36-38-24-37-32-12-6-9-15-42(32)55(4,5)43(37)28-45(38)57-47-29-49-40(33-13-7-10-16-48(33)59-49)25-44(47)56(58)52(35)53(36)57/h6-29H,1-5H3. The molecule has 0 bridgehead atoms. The molecule has 11 aromatic rings. The number of fused-ring (bicyclic) bond motifs is 17. The van der Waals surface area contributed by atoms with E-state index in [0.717, 1.165) is 21.9 Å². The van der Waals surface area contributed by atoms with Crippen LogP contribution in [0.1, 0.15) is 51.3 Å². The van der Waals surface area contributed by atoms with Gasteiger partial charge in [-0.2, -0.15) is 0 Å². The minimum Gasteiger partial charge on any atom is -0.456 e. The summed E-state index contributed by atoms with van der Waals surface area (Å²) in [6.45, 7) is 11.6. The van der Waals surface area contributed by atoms with Crippen molar-refractivity contribution in [2.24, 2.45) is 0 Å². The van der Waals surface area contributed by atoms with Gasteiger partial charge in [0.1, 0.15) is 11.2 Å². The van der Waals surface area contributed by atoms with Crippen molar-refractivity contribution in [3.63, 3.8) is 0 Å². The molecule has 0 spiro atoms. The fourth-order valence-electron chi connectivity index (χ4n) is 11.4. The molecule has 0 saturated carbocycles. The van der Waals surface area contributed by atoms with Gasteiger partial charge in [0.05, 0.1) is 11.0 Å². The van der Waals surface area contributed by atoms with Crippen LogP contribution in [-0.4, -0.2) is 11.4 Å². The van der Waals surface area contributed by atoms with Gasteiger partial charge in [0.2, 0.25) is 0 Å². The molecule has 0 unspecified atom stereocenters. The number of para-hydroxylation sites is 1. The van der Waals surface area contributed by atoms with Crippen molar-refractivity contribution >= 4 is 104 Å². The van der Waals surface area contributed by atoms with Crippen molar-refractivity contribution in [2.45, 2.75) is 45.4 Å². The second-order valence-corrected chi connectivity index (χ2v) is 20.0. The van der Waals surface area contributed by atoms with Gasteiger partial charge in [0.25, 0.3) is 0 Å². The van der Waals surface area contributed by atoms with Gasteiger partial charge in [-0.1, -0.05) is 126 Å². The second-order valence-electron chi connectivity index (χ2n) is 18.9. The molecule has 1 aliphatic carbocycles. The maximum atomic E-state index is 6.71. The van der Waals surface area contributed by atoms with Crippen LogP contribution in [0.5, 0.6) is 0 Å². The van der Waals surface area contributed by atoms with E-state index in [2.05, 4.69) is 190 Å². The van der Waals surface area contributed by atoms with Crippen LogP contribution in [0.25, 0.3) is 91.9 Å². The maximum Gasteiger partial charge on any atom is 0.333 e. The highest BCUT2D eigenvalue weighted by Crippen LogP contribution is 2.53. The zero-order valence-electron chi connectivity index (χ0n) is 34.1. The second kappa shape index (κ2) is 11.0. The molecule has 0 fully saturated rings. The summed E-state index contributed by atoms with van der Waals surface area (Å²) < 4.78 is 12.0. The number of benzene rings is 8. The Hall–Kier alpha value is -6.56.